The number of alkyl halides is 2. The molecule has 0 saturated heterocycles. The summed E-state index contributed by atoms with van der Waals surface area (Å²) in [6.45, 7) is -0.310. The van der Waals surface area contributed by atoms with Crippen molar-refractivity contribution in [2.45, 2.75) is 26.6 Å². The van der Waals surface area contributed by atoms with Gasteiger partial charge in [0.1, 0.15) is 0 Å². The van der Waals surface area contributed by atoms with E-state index in [1.165, 1.54) is 0 Å². The van der Waals surface area contributed by atoms with Gasteiger partial charge in [0, 0.05) is 31.3 Å². The lowest BCUT2D eigenvalue weighted by molar-refractivity contribution is -0.0520. The summed E-state index contributed by atoms with van der Waals surface area (Å²) in [7, 11) is 1.59. The van der Waals surface area contributed by atoms with Crippen LogP contribution in [-0.4, -0.2) is 32.1 Å². The van der Waals surface area contributed by atoms with E-state index in [1.807, 2.05) is 6.07 Å². The second kappa shape index (κ2) is 10.8. The Kier molecular flexibility index (Phi) is 8.20. The molecule has 0 heterocycles. The number of aliphatic imine (C=N–C) groups is 1. The minimum absolute atomic E-state index is 0.0125. The van der Waals surface area contributed by atoms with E-state index in [-0.39, 0.29) is 18.0 Å². The highest BCUT2D eigenvalue weighted by atomic mass is 19.3. The molecule has 0 fully saturated rings. The summed E-state index contributed by atoms with van der Waals surface area (Å²) in [5.74, 6) is 0.175. The molecule has 0 aliphatic carbocycles. The molecule has 0 saturated carbocycles. The third-order valence-electron chi connectivity index (χ3n) is 3.91. The van der Waals surface area contributed by atoms with Crippen LogP contribution in [0.4, 0.5) is 8.78 Å². The van der Waals surface area contributed by atoms with Crippen molar-refractivity contribution in [3.63, 3.8) is 0 Å². The number of guanidine groups is 1. The topological polar surface area (TPSA) is 98.0 Å². The first-order chi connectivity index (χ1) is 13.9. The first kappa shape index (κ1) is 21.9. The van der Waals surface area contributed by atoms with Gasteiger partial charge >= 0.3 is 6.61 Å². The second-order valence-corrected chi connectivity index (χ2v) is 5.90. The second-order valence-electron chi connectivity index (χ2n) is 5.90. The number of carbonyl (C=O) groups excluding carboxylic acids is 1. The number of nitrogens with zero attached hydrogens (tertiary/aromatic N) is 1. The summed E-state index contributed by atoms with van der Waals surface area (Å²) in [4.78, 5) is 15.4. The molecule has 0 spiro atoms. The fourth-order valence-electron chi connectivity index (χ4n) is 2.61. The molecule has 156 valence electrons. The lowest BCUT2D eigenvalue weighted by Crippen LogP contribution is -2.36. The number of amides is 1. The molecule has 0 aromatic heterocycles. The van der Waals surface area contributed by atoms with Gasteiger partial charge in [-0.1, -0.05) is 24.3 Å². The average molecular weight is 406 g/mol. The molecule has 4 N–H and O–H groups in total. The minimum atomic E-state index is -2.97. The smallest absolute Gasteiger partial charge is 0.387 e. The highest BCUT2D eigenvalue weighted by molar-refractivity contribution is 5.92. The normalized spacial score (nSPS) is 11.3. The van der Waals surface area contributed by atoms with Crippen LogP contribution in [0.2, 0.25) is 0 Å². The molecule has 29 heavy (non-hydrogen) atoms. The molecule has 0 aliphatic heterocycles. The maximum absolute atomic E-state index is 12.8. The van der Waals surface area contributed by atoms with Crippen molar-refractivity contribution < 1.29 is 23.0 Å². The fourth-order valence-corrected chi connectivity index (χ4v) is 2.61. The van der Waals surface area contributed by atoms with Crippen molar-refractivity contribution >= 4 is 11.9 Å². The zero-order valence-corrected chi connectivity index (χ0v) is 16.2. The van der Waals surface area contributed by atoms with Crippen molar-refractivity contribution in [3.05, 3.63) is 59.2 Å². The molecular weight excluding hydrogens is 382 g/mol. The van der Waals surface area contributed by atoms with Gasteiger partial charge in [0.05, 0.1) is 6.61 Å². The highest BCUT2D eigenvalue weighted by Crippen LogP contribution is 2.32. The Hall–Kier alpha value is -3.36. The number of carbonyl (C=O) groups is 1. The lowest BCUT2D eigenvalue weighted by Gasteiger charge is -2.17. The van der Waals surface area contributed by atoms with Crippen LogP contribution in [0.1, 0.15) is 28.4 Å². The molecule has 0 bridgehead atoms. The van der Waals surface area contributed by atoms with E-state index in [2.05, 4.69) is 20.4 Å². The van der Waals surface area contributed by atoms with Crippen LogP contribution < -0.4 is 25.8 Å². The number of halogens is 2. The van der Waals surface area contributed by atoms with E-state index in [9.17, 15) is 13.6 Å². The quantitative estimate of drug-likeness (QED) is 0.439. The Morgan fingerprint density at radius 3 is 2.55 bits per heavy atom. The van der Waals surface area contributed by atoms with E-state index in [1.54, 1.807) is 50.4 Å². The summed E-state index contributed by atoms with van der Waals surface area (Å²) in [5, 5.41) is 6.13. The zero-order valence-electron chi connectivity index (χ0n) is 16.2. The van der Waals surface area contributed by atoms with Crippen LogP contribution in [-0.2, 0) is 13.1 Å². The molecular formula is C20H24F2N4O3. The molecule has 0 atom stereocenters. The number of nitrogens with two attached hydrogens (primary N) is 1. The third-order valence-corrected chi connectivity index (χ3v) is 3.91. The van der Waals surface area contributed by atoms with Gasteiger partial charge in [-0.05, 0) is 30.7 Å². The van der Waals surface area contributed by atoms with E-state index >= 15 is 0 Å². The van der Waals surface area contributed by atoms with E-state index < -0.39 is 12.5 Å². The number of ether oxygens (including phenoxy) is 2. The number of para-hydroxylation sites is 1. The average Bonchev–Trinajstić information content (AvgIpc) is 2.70. The predicted molar refractivity (Wildman–Crippen MR) is 106 cm³/mol. The molecule has 0 unspecified atom stereocenters. The molecule has 0 radical (unpaired) electrons. The van der Waals surface area contributed by atoms with E-state index in [4.69, 9.17) is 10.5 Å². The van der Waals surface area contributed by atoms with Crippen molar-refractivity contribution in [1.82, 2.24) is 10.6 Å². The monoisotopic (exact) mass is 406 g/mol. The van der Waals surface area contributed by atoms with Crippen molar-refractivity contribution in [3.8, 4) is 11.5 Å². The number of primary amides is 1. The largest absolute Gasteiger partial charge is 0.490 e. The van der Waals surface area contributed by atoms with Gasteiger partial charge in [0.15, 0.2) is 17.5 Å². The van der Waals surface area contributed by atoms with Gasteiger partial charge in [0.2, 0.25) is 5.91 Å². The standard InChI is InChI=1S/C20H24F2N4O3/c1-3-28-16-9-5-8-15(17(16)29-19(21)22)12-26-20(24-2)25-11-13-6-4-7-14(10-13)18(23)27/h4-10,19H,3,11-12H2,1-2H3,(H2,23,27)(H2,24,25,26). The summed E-state index contributed by atoms with van der Waals surface area (Å²) < 4.78 is 35.7. The Labute approximate surface area is 167 Å². The maximum atomic E-state index is 12.8. The first-order valence-corrected chi connectivity index (χ1v) is 8.97. The van der Waals surface area contributed by atoms with Crippen LogP contribution in [0.15, 0.2) is 47.5 Å². The third kappa shape index (κ3) is 6.63. The molecule has 7 nitrogen and oxygen atoms in total. The molecule has 1 amide bonds. The van der Waals surface area contributed by atoms with Crippen LogP contribution in [0, 0.1) is 0 Å². The van der Waals surface area contributed by atoms with E-state index in [0.717, 1.165) is 5.56 Å². The van der Waals surface area contributed by atoms with Crippen LogP contribution >= 0.6 is 0 Å². The predicted octanol–water partition coefficient (Wildman–Crippen LogP) is 2.65. The fraction of sp³-hybridized carbons (Fsp3) is 0.300. The zero-order chi connectivity index (χ0) is 21.2. The van der Waals surface area contributed by atoms with Gasteiger partial charge in [0.25, 0.3) is 0 Å². The van der Waals surface area contributed by atoms with Crippen LogP contribution in [0.25, 0.3) is 0 Å². The van der Waals surface area contributed by atoms with Gasteiger partial charge in [-0.15, -0.1) is 0 Å². The summed E-state index contributed by atoms with van der Waals surface area (Å²) in [6.07, 6.45) is 0. The van der Waals surface area contributed by atoms with Gasteiger partial charge in [-0.3, -0.25) is 9.79 Å². The molecule has 2 rings (SSSR count). The Balaban J connectivity index is 2.04. The maximum Gasteiger partial charge on any atom is 0.387 e. The molecule has 2 aromatic carbocycles. The number of rotatable bonds is 9. The SMILES string of the molecule is CCOc1cccc(CNC(=NC)NCc2cccc(C(N)=O)c2)c1OC(F)F. The van der Waals surface area contributed by atoms with Crippen molar-refractivity contribution in [2.24, 2.45) is 10.7 Å². The summed E-state index contributed by atoms with van der Waals surface area (Å²) in [5.41, 5.74) is 7.03. The van der Waals surface area contributed by atoms with Crippen LogP contribution in [0.3, 0.4) is 0 Å². The first-order valence-electron chi connectivity index (χ1n) is 8.97. The minimum Gasteiger partial charge on any atom is -0.490 e. The van der Waals surface area contributed by atoms with Crippen molar-refractivity contribution in [1.29, 1.82) is 0 Å². The molecule has 2 aromatic rings. The molecule has 0 aliphatic rings. The van der Waals surface area contributed by atoms with Gasteiger partial charge in [-0.2, -0.15) is 8.78 Å². The highest BCUT2D eigenvalue weighted by Gasteiger charge is 2.16. The van der Waals surface area contributed by atoms with Crippen LogP contribution in [0.5, 0.6) is 11.5 Å². The van der Waals surface area contributed by atoms with E-state index in [0.29, 0.717) is 30.2 Å². The summed E-state index contributed by atoms with van der Waals surface area (Å²) in [6, 6.07) is 11.8. The number of hydrogen-bond acceptors (Lipinski definition) is 4. The van der Waals surface area contributed by atoms with Crippen molar-refractivity contribution in [2.75, 3.05) is 13.7 Å². The Morgan fingerprint density at radius 2 is 1.90 bits per heavy atom. The van der Waals surface area contributed by atoms with Gasteiger partial charge < -0.3 is 25.8 Å². The number of benzene rings is 2. The lowest BCUT2D eigenvalue weighted by atomic mass is 10.1. The number of nitrogens with one attached hydrogen (secondary N) is 2. The van der Waals surface area contributed by atoms with Gasteiger partial charge in [-0.25, -0.2) is 0 Å². The molecule has 9 heteroatoms. The Morgan fingerprint density at radius 1 is 1.17 bits per heavy atom. The number of hydrogen-bond donors (Lipinski definition) is 3. The summed E-state index contributed by atoms with van der Waals surface area (Å²) >= 11 is 0. The Bertz CT molecular complexity index is 859.